The molecule has 1 aliphatic rings. The zero-order chi connectivity index (χ0) is 11.5. The number of aliphatic carboxylic acids is 1. The molecule has 2 N–H and O–H groups in total. The third-order valence-corrected chi connectivity index (χ3v) is 3.25. The molecule has 0 aliphatic carbocycles. The van der Waals surface area contributed by atoms with Crippen LogP contribution in [-0.4, -0.2) is 24.2 Å². The van der Waals surface area contributed by atoms with Gasteiger partial charge in [0.1, 0.15) is 0 Å². The summed E-state index contributed by atoms with van der Waals surface area (Å²) in [7, 11) is 0. The van der Waals surface area contributed by atoms with Gasteiger partial charge in [0.05, 0.1) is 5.92 Å². The third kappa shape index (κ3) is 2.42. The van der Waals surface area contributed by atoms with Gasteiger partial charge in [-0.25, -0.2) is 0 Å². The summed E-state index contributed by atoms with van der Waals surface area (Å²) in [5.41, 5.74) is 2.48. The Hall–Kier alpha value is -1.35. The molecule has 0 amide bonds. The minimum atomic E-state index is -0.690. The molecule has 0 radical (unpaired) electrons. The summed E-state index contributed by atoms with van der Waals surface area (Å²) in [6.07, 6.45) is 0.741. The lowest BCUT2D eigenvalue weighted by molar-refractivity contribution is -0.142. The van der Waals surface area contributed by atoms with Crippen molar-refractivity contribution in [2.24, 2.45) is 5.92 Å². The Balaban J connectivity index is 2.09. The van der Waals surface area contributed by atoms with Crippen molar-refractivity contribution in [3.8, 4) is 0 Å². The van der Waals surface area contributed by atoms with Crippen molar-refractivity contribution < 1.29 is 9.90 Å². The van der Waals surface area contributed by atoms with E-state index in [-0.39, 0.29) is 5.92 Å². The lowest BCUT2D eigenvalue weighted by Gasteiger charge is -2.28. The van der Waals surface area contributed by atoms with Crippen molar-refractivity contribution in [1.82, 2.24) is 5.32 Å². The fourth-order valence-corrected chi connectivity index (χ4v) is 2.22. The molecule has 3 heteroatoms. The highest BCUT2D eigenvalue weighted by Gasteiger charge is 2.27. The molecule has 2 atom stereocenters. The van der Waals surface area contributed by atoms with Crippen LogP contribution >= 0.6 is 0 Å². The number of rotatable bonds is 2. The van der Waals surface area contributed by atoms with E-state index in [0.717, 1.165) is 13.0 Å². The number of piperidine rings is 1. The van der Waals surface area contributed by atoms with Crippen LogP contribution in [0.2, 0.25) is 0 Å². The average molecular weight is 219 g/mol. The molecular weight excluding hydrogens is 202 g/mol. The van der Waals surface area contributed by atoms with Gasteiger partial charge in [-0.05, 0) is 24.8 Å². The number of carboxylic acid groups (broad SMARTS) is 1. The number of carboxylic acids is 1. The molecule has 1 saturated heterocycles. The molecular formula is C13H17NO2. The predicted octanol–water partition coefficient (Wildman–Crippen LogP) is 1.77. The Kier molecular flexibility index (Phi) is 3.25. The van der Waals surface area contributed by atoms with Gasteiger partial charge in [-0.1, -0.05) is 29.8 Å². The molecule has 1 heterocycles. The molecule has 16 heavy (non-hydrogen) atoms. The van der Waals surface area contributed by atoms with E-state index in [1.165, 1.54) is 11.1 Å². The van der Waals surface area contributed by atoms with Crippen LogP contribution in [0.3, 0.4) is 0 Å². The zero-order valence-electron chi connectivity index (χ0n) is 9.44. The summed E-state index contributed by atoms with van der Waals surface area (Å²) in [4.78, 5) is 10.9. The first-order valence-electron chi connectivity index (χ1n) is 5.67. The molecule has 0 unspecified atom stereocenters. The predicted molar refractivity (Wildman–Crippen MR) is 62.5 cm³/mol. The Bertz CT molecular complexity index is 372. The minimum Gasteiger partial charge on any atom is -0.481 e. The lowest BCUT2D eigenvalue weighted by Crippen LogP contribution is -2.38. The number of hydrogen-bond donors (Lipinski definition) is 2. The number of hydrogen-bond acceptors (Lipinski definition) is 2. The lowest BCUT2D eigenvalue weighted by atomic mass is 9.85. The number of nitrogens with one attached hydrogen (secondary N) is 1. The highest BCUT2D eigenvalue weighted by atomic mass is 16.4. The molecule has 3 nitrogen and oxygen atoms in total. The van der Waals surface area contributed by atoms with Crippen LogP contribution < -0.4 is 5.32 Å². The van der Waals surface area contributed by atoms with Gasteiger partial charge in [-0.15, -0.1) is 0 Å². The number of aryl methyl sites for hydroxylation is 1. The molecule has 0 spiro atoms. The largest absolute Gasteiger partial charge is 0.481 e. The summed E-state index contributed by atoms with van der Waals surface area (Å²) in [6.45, 7) is 3.54. The molecule has 0 saturated carbocycles. The molecule has 1 aliphatic heterocycles. The van der Waals surface area contributed by atoms with E-state index in [4.69, 9.17) is 5.11 Å². The molecule has 1 aromatic carbocycles. The van der Waals surface area contributed by atoms with E-state index in [1.807, 2.05) is 0 Å². The zero-order valence-corrected chi connectivity index (χ0v) is 9.44. The fraction of sp³-hybridized carbons (Fsp3) is 0.462. The molecule has 0 aromatic heterocycles. The van der Waals surface area contributed by atoms with E-state index in [1.54, 1.807) is 0 Å². The summed E-state index contributed by atoms with van der Waals surface area (Å²) >= 11 is 0. The van der Waals surface area contributed by atoms with Crippen LogP contribution in [0.15, 0.2) is 24.3 Å². The molecule has 1 fully saturated rings. The van der Waals surface area contributed by atoms with Crippen molar-refractivity contribution in [2.75, 3.05) is 13.1 Å². The quantitative estimate of drug-likeness (QED) is 0.797. The SMILES string of the molecule is Cc1ccc([C@@H]2CNC[C@@H](C(=O)O)C2)cc1. The second-order valence-corrected chi connectivity index (χ2v) is 4.54. The number of benzene rings is 1. The fourth-order valence-electron chi connectivity index (χ4n) is 2.22. The Morgan fingerprint density at radius 2 is 2.00 bits per heavy atom. The standard InChI is InChI=1S/C13H17NO2/c1-9-2-4-10(5-3-9)11-6-12(13(15)16)8-14-7-11/h2-5,11-12,14H,6-8H2,1H3,(H,15,16)/t11-,12-/m0/s1. The first-order valence-corrected chi connectivity index (χ1v) is 5.67. The second-order valence-electron chi connectivity index (χ2n) is 4.54. The molecule has 86 valence electrons. The molecule has 0 bridgehead atoms. The van der Waals surface area contributed by atoms with E-state index < -0.39 is 5.97 Å². The monoisotopic (exact) mass is 219 g/mol. The smallest absolute Gasteiger partial charge is 0.307 e. The van der Waals surface area contributed by atoms with Crippen molar-refractivity contribution >= 4 is 5.97 Å². The Labute approximate surface area is 95.5 Å². The number of carbonyl (C=O) groups is 1. The highest BCUT2D eigenvalue weighted by Crippen LogP contribution is 2.26. The Morgan fingerprint density at radius 3 is 2.62 bits per heavy atom. The van der Waals surface area contributed by atoms with E-state index >= 15 is 0 Å². The van der Waals surface area contributed by atoms with Crippen molar-refractivity contribution in [3.05, 3.63) is 35.4 Å². The van der Waals surface area contributed by atoms with Crippen LogP contribution in [0.4, 0.5) is 0 Å². The third-order valence-electron chi connectivity index (χ3n) is 3.25. The van der Waals surface area contributed by atoms with Gasteiger partial charge in [0.25, 0.3) is 0 Å². The topological polar surface area (TPSA) is 49.3 Å². The van der Waals surface area contributed by atoms with Gasteiger partial charge in [-0.2, -0.15) is 0 Å². The van der Waals surface area contributed by atoms with Crippen LogP contribution in [0.25, 0.3) is 0 Å². The maximum absolute atomic E-state index is 10.9. The van der Waals surface area contributed by atoms with Crippen LogP contribution in [0.1, 0.15) is 23.5 Å². The van der Waals surface area contributed by atoms with Crippen molar-refractivity contribution in [1.29, 1.82) is 0 Å². The second kappa shape index (κ2) is 4.66. The van der Waals surface area contributed by atoms with Crippen LogP contribution in [0.5, 0.6) is 0 Å². The molecule has 2 rings (SSSR count). The summed E-state index contributed by atoms with van der Waals surface area (Å²) in [5, 5.41) is 12.2. The first kappa shape index (κ1) is 11.1. The van der Waals surface area contributed by atoms with Gasteiger partial charge in [-0.3, -0.25) is 4.79 Å². The van der Waals surface area contributed by atoms with Gasteiger partial charge in [0.2, 0.25) is 0 Å². The molecule has 1 aromatic rings. The van der Waals surface area contributed by atoms with E-state index in [0.29, 0.717) is 12.5 Å². The maximum atomic E-state index is 10.9. The first-order chi connectivity index (χ1) is 7.66. The summed E-state index contributed by atoms with van der Waals surface area (Å²) in [6, 6.07) is 8.37. The summed E-state index contributed by atoms with van der Waals surface area (Å²) < 4.78 is 0. The van der Waals surface area contributed by atoms with Crippen molar-refractivity contribution in [3.63, 3.8) is 0 Å². The minimum absolute atomic E-state index is 0.250. The van der Waals surface area contributed by atoms with E-state index in [2.05, 4.69) is 36.5 Å². The van der Waals surface area contributed by atoms with Crippen molar-refractivity contribution in [2.45, 2.75) is 19.3 Å². The Morgan fingerprint density at radius 1 is 1.31 bits per heavy atom. The van der Waals surface area contributed by atoms with E-state index in [9.17, 15) is 4.79 Å². The average Bonchev–Trinajstić information content (AvgIpc) is 2.30. The summed E-state index contributed by atoms with van der Waals surface area (Å²) in [5.74, 6) is -0.611. The highest BCUT2D eigenvalue weighted by molar-refractivity contribution is 5.70. The van der Waals surface area contributed by atoms with Crippen LogP contribution in [-0.2, 0) is 4.79 Å². The van der Waals surface area contributed by atoms with Gasteiger partial charge in [0.15, 0.2) is 0 Å². The van der Waals surface area contributed by atoms with Gasteiger partial charge < -0.3 is 10.4 Å². The van der Waals surface area contributed by atoms with Crippen LogP contribution in [0, 0.1) is 12.8 Å². The maximum Gasteiger partial charge on any atom is 0.307 e. The normalized spacial score (nSPS) is 25.3. The van der Waals surface area contributed by atoms with Gasteiger partial charge >= 0.3 is 5.97 Å². The van der Waals surface area contributed by atoms with Gasteiger partial charge in [0, 0.05) is 13.1 Å².